The van der Waals surface area contributed by atoms with Gasteiger partial charge in [0.1, 0.15) is 5.56 Å². The number of carbonyl (C=O) groups excluding carboxylic acids is 1. The van der Waals surface area contributed by atoms with Gasteiger partial charge in [-0.2, -0.15) is 0 Å². The standard InChI is InChI=1S/C13H17ClN2O2/c1-8-5-12(17)10(7-15-8)13(18)16-6-9-3-2-4-11(9)14/h5,7,9,11H,2-4,6H2,1H3,(H,15,17)(H,16,18). The molecule has 0 aliphatic heterocycles. The number of H-pyrrole nitrogens is 1. The smallest absolute Gasteiger partial charge is 0.256 e. The van der Waals surface area contributed by atoms with Crippen molar-refractivity contribution < 1.29 is 4.79 Å². The lowest BCUT2D eigenvalue weighted by atomic mass is 10.1. The minimum Gasteiger partial charge on any atom is -0.364 e. The van der Waals surface area contributed by atoms with Crippen LogP contribution in [0.5, 0.6) is 0 Å². The van der Waals surface area contributed by atoms with Crippen LogP contribution in [0.25, 0.3) is 0 Å². The molecule has 0 spiro atoms. The first-order valence-corrected chi connectivity index (χ1v) is 6.63. The Hall–Kier alpha value is -1.29. The number of pyridine rings is 1. The number of amides is 1. The highest BCUT2D eigenvalue weighted by Crippen LogP contribution is 2.29. The maximum Gasteiger partial charge on any atom is 0.256 e. The van der Waals surface area contributed by atoms with E-state index < -0.39 is 0 Å². The summed E-state index contributed by atoms with van der Waals surface area (Å²) >= 11 is 6.14. The number of aryl methyl sites for hydroxylation is 1. The number of halogens is 1. The van der Waals surface area contributed by atoms with Crippen LogP contribution in [0, 0.1) is 12.8 Å². The normalized spacial score (nSPS) is 23.0. The molecule has 1 aromatic rings. The first-order valence-electron chi connectivity index (χ1n) is 6.19. The Morgan fingerprint density at radius 2 is 2.33 bits per heavy atom. The maximum atomic E-state index is 11.9. The van der Waals surface area contributed by atoms with Gasteiger partial charge in [-0.25, -0.2) is 0 Å². The van der Waals surface area contributed by atoms with Gasteiger partial charge in [0.2, 0.25) is 0 Å². The first kappa shape index (κ1) is 13.1. The number of aromatic nitrogens is 1. The van der Waals surface area contributed by atoms with E-state index >= 15 is 0 Å². The van der Waals surface area contributed by atoms with Gasteiger partial charge in [-0.3, -0.25) is 9.59 Å². The van der Waals surface area contributed by atoms with E-state index in [0.29, 0.717) is 12.5 Å². The average Bonchev–Trinajstić information content (AvgIpc) is 2.72. The second-order valence-corrected chi connectivity index (χ2v) is 5.37. The van der Waals surface area contributed by atoms with Crippen molar-refractivity contribution in [3.63, 3.8) is 0 Å². The molecule has 1 aliphatic carbocycles. The van der Waals surface area contributed by atoms with E-state index in [1.807, 2.05) is 0 Å². The van der Waals surface area contributed by atoms with Crippen LogP contribution in [-0.4, -0.2) is 22.8 Å². The highest BCUT2D eigenvalue weighted by Gasteiger charge is 2.25. The maximum absolute atomic E-state index is 11.9. The zero-order chi connectivity index (χ0) is 13.1. The van der Waals surface area contributed by atoms with Crippen molar-refractivity contribution in [2.24, 2.45) is 5.92 Å². The molecule has 0 aromatic carbocycles. The molecular formula is C13H17ClN2O2. The molecule has 5 heteroatoms. The van der Waals surface area contributed by atoms with Crippen molar-refractivity contribution in [1.29, 1.82) is 0 Å². The van der Waals surface area contributed by atoms with Crippen LogP contribution in [-0.2, 0) is 0 Å². The zero-order valence-corrected chi connectivity index (χ0v) is 11.1. The van der Waals surface area contributed by atoms with Gasteiger partial charge in [0, 0.05) is 29.9 Å². The topological polar surface area (TPSA) is 62.0 Å². The fraction of sp³-hybridized carbons (Fsp3) is 0.538. The second-order valence-electron chi connectivity index (χ2n) is 4.81. The SMILES string of the molecule is Cc1cc(=O)c(C(=O)NCC2CCCC2Cl)c[nH]1. The van der Waals surface area contributed by atoms with Gasteiger partial charge in [-0.15, -0.1) is 11.6 Å². The van der Waals surface area contributed by atoms with Gasteiger partial charge < -0.3 is 10.3 Å². The number of alkyl halides is 1. The summed E-state index contributed by atoms with van der Waals surface area (Å²) in [4.78, 5) is 26.4. The summed E-state index contributed by atoms with van der Waals surface area (Å²) in [7, 11) is 0. The Bertz CT molecular complexity index is 498. The molecule has 0 saturated heterocycles. The molecule has 1 amide bonds. The molecule has 1 fully saturated rings. The third kappa shape index (κ3) is 2.93. The second kappa shape index (κ2) is 5.57. The number of hydrogen-bond donors (Lipinski definition) is 2. The van der Waals surface area contributed by atoms with Gasteiger partial charge in [0.15, 0.2) is 5.43 Å². The summed E-state index contributed by atoms with van der Waals surface area (Å²) in [5.41, 5.74) is 0.649. The molecule has 1 heterocycles. The molecule has 1 saturated carbocycles. The summed E-state index contributed by atoms with van der Waals surface area (Å²) < 4.78 is 0. The van der Waals surface area contributed by atoms with Gasteiger partial charge in [0.25, 0.3) is 5.91 Å². The van der Waals surface area contributed by atoms with E-state index in [9.17, 15) is 9.59 Å². The van der Waals surface area contributed by atoms with E-state index in [1.165, 1.54) is 12.3 Å². The van der Waals surface area contributed by atoms with Gasteiger partial charge in [-0.1, -0.05) is 6.42 Å². The van der Waals surface area contributed by atoms with Crippen molar-refractivity contribution in [2.45, 2.75) is 31.6 Å². The lowest BCUT2D eigenvalue weighted by Crippen LogP contribution is -2.33. The van der Waals surface area contributed by atoms with E-state index in [-0.39, 0.29) is 22.3 Å². The molecule has 98 valence electrons. The fourth-order valence-electron chi connectivity index (χ4n) is 2.29. The minimum atomic E-state index is -0.327. The van der Waals surface area contributed by atoms with E-state index in [1.54, 1.807) is 6.92 Å². The van der Waals surface area contributed by atoms with Crippen LogP contribution >= 0.6 is 11.6 Å². The average molecular weight is 269 g/mol. The molecule has 2 rings (SSSR count). The molecule has 0 bridgehead atoms. The molecule has 2 unspecified atom stereocenters. The Kier molecular flexibility index (Phi) is 4.07. The number of nitrogens with one attached hydrogen (secondary N) is 2. The van der Waals surface area contributed by atoms with Crippen molar-refractivity contribution in [3.05, 3.63) is 33.7 Å². The monoisotopic (exact) mass is 268 g/mol. The highest BCUT2D eigenvalue weighted by molar-refractivity contribution is 6.21. The van der Waals surface area contributed by atoms with Crippen LogP contribution in [0.1, 0.15) is 35.3 Å². The van der Waals surface area contributed by atoms with Crippen molar-refractivity contribution in [1.82, 2.24) is 10.3 Å². The number of aromatic amines is 1. The Labute approximate surface area is 111 Å². The molecule has 2 atom stereocenters. The van der Waals surface area contributed by atoms with Gasteiger partial charge >= 0.3 is 0 Å². The summed E-state index contributed by atoms with van der Waals surface area (Å²) in [5, 5.41) is 2.93. The molecule has 2 N–H and O–H groups in total. The first-order chi connectivity index (χ1) is 8.58. The number of hydrogen-bond acceptors (Lipinski definition) is 2. The molecule has 4 nitrogen and oxygen atoms in total. The lowest BCUT2D eigenvalue weighted by Gasteiger charge is -2.14. The molecular weight excluding hydrogens is 252 g/mol. The number of carbonyl (C=O) groups is 1. The van der Waals surface area contributed by atoms with Crippen molar-refractivity contribution >= 4 is 17.5 Å². The zero-order valence-electron chi connectivity index (χ0n) is 10.3. The van der Waals surface area contributed by atoms with Gasteiger partial charge in [-0.05, 0) is 25.7 Å². The minimum absolute atomic E-state index is 0.140. The van der Waals surface area contributed by atoms with E-state index in [4.69, 9.17) is 11.6 Å². The molecule has 1 aliphatic rings. The Morgan fingerprint density at radius 3 is 2.94 bits per heavy atom. The fourth-order valence-corrected chi connectivity index (χ4v) is 2.66. The van der Waals surface area contributed by atoms with Crippen molar-refractivity contribution in [3.8, 4) is 0 Å². The van der Waals surface area contributed by atoms with Crippen LogP contribution in [0.3, 0.4) is 0 Å². The molecule has 0 radical (unpaired) electrons. The summed E-state index contributed by atoms with van der Waals surface area (Å²) in [6, 6.07) is 1.43. The van der Waals surface area contributed by atoms with Crippen molar-refractivity contribution in [2.75, 3.05) is 6.54 Å². The quantitative estimate of drug-likeness (QED) is 0.822. The predicted octanol–water partition coefficient (Wildman–Crippen LogP) is 1.82. The lowest BCUT2D eigenvalue weighted by molar-refractivity contribution is 0.0946. The Balaban J connectivity index is 1.97. The predicted molar refractivity (Wildman–Crippen MR) is 71.1 cm³/mol. The molecule has 1 aromatic heterocycles. The van der Waals surface area contributed by atoms with Crippen LogP contribution in [0.2, 0.25) is 0 Å². The number of rotatable bonds is 3. The van der Waals surface area contributed by atoms with Crippen LogP contribution in [0.4, 0.5) is 0 Å². The molecule has 18 heavy (non-hydrogen) atoms. The van der Waals surface area contributed by atoms with Crippen LogP contribution in [0.15, 0.2) is 17.1 Å². The summed E-state index contributed by atoms with van der Waals surface area (Å²) in [6.07, 6.45) is 4.62. The van der Waals surface area contributed by atoms with Crippen LogP contribution < -0.4 is 10.7 Å². The van der Waals surface area contributed by atoms with Gasteiger partial charge in [0.05, 0.1) is 0 Å². The summed E-state index contributed by atoms with van der Waals surface area (Å²) in [5.74, 6) is -0.00726. The summed E-state index contributed by atoms with van der Waals surface area (Å²) in [6.45, 7) is 2.32. The third-order valence-electron chi connectivity index (χ3n) is 3.39. The largest absolute Gasteiger partial charge is 0.364 e. The van der Waals surface area contributed by atoms with E-state index in [2.05, 4.69) is 10.3 Å². The highest BCUT2D eigenvalue weighted by atomic mass is 35.5. The van der Waals surface area contributed by atoms with E-state index in [0.717, 1.165) is 25.0 Å². The Morgan fingerprint density at radius 1 is 1.56 bits per heavy atom. The third-order valence-corrected chi connectivity index (χ3v) is 3.97.